The number of amides is 1. The van der Waals surface area contributed by atoms with Gasteiger partial charge in [0.15, 0.2) is 5.52 Å². The molecular formula is C25H27N5O3. The first kappa shape index (κ1) is 22.3. The number of aryl methyl sites for hydroxylation is 1. The summed E-state index contributed by atoms with van der Waals surface area (Å²) in [5, 5.41) is 12.3. The van der Waals surface area contributed by atoms with E-state index >= 15 is 0 Å². The zero-order chi connectivity index (χ0) is 23.2. The van der Waals surface area contributed by atoms with E-state index in [9.17, 15) is 9.59 Å². The number of benzene rings is 2. The number of carbonyl (C=O) groups excluding carboxylic acids is 1. The van der Waals surface area contributed by atoms with Gasteiger partial charge in [-0.25, -0.2) is 9.36 Å². The molecule has 0 radical (unpaired) electrons. The average Bonchev–Trinajstić information content (AvgIpc) is 3.26. The summed E-state index contributed by atoms with van der Waals surface area (Å²) in [5.74, 6) is 0.739. The molecule has 8 nitrogen and oxygen atoms in total. The van der Waals surface area contributed by atoms with E-state index in [1.165, 1.54) is 4.68 Å². The smallest absolute Gasteiger partial charge is 0.295 e. The third-order valence-electron chi connectivity index (χ3n) is 5.10. The van der Waals surface area contributed by atoms with Crippen molar-refractivity contribution in [1.82, 2.24) is 24.9 Å². The van der Waals surface area contributed by atoms with Crippen molar-refractivity contribution in [3.8, 4) is 11.4 Å². The molecule has 0 spiro atoms. The summed E-state index contributed by atoms with van der Waals surface area (Å²) in [6, 6.07) is 17.3. The van der Waals surface area contributed by atoms with Crippen molar-refractivity contribution in [2.24, 2.45) is 0 Å². The molecule has 1 amide bonds. The van der Waals surface area contributed by atoms with Crippen molar-refractivity contribution in [3.63, 3.8) is 0 Å². The lowest BCUT2D eigenvalue weighted by Gasteiger charge is -2.10. The van der Waals surface area contributed by atoms with Crippen LogP contribution in [0.1, 0.15) is 32.3 Å². The van der Waals surface area contributed by atoms with E-state index in [-0.39, 0.29) is 17.6 Å². The molecular weight excluding hydrogens is 418 g/mol. The topological polar surface area (TPSA) is 91.0 Å². The molecule has 4 aromatic rings. The Morgan fingerprint density at radius 3 is 2.58 bits per heavy atom. The highest BCUT2D eigenvalue weighted by atomic mass is 16.5. The number of ether oxygens (including phenoxy) is 1. The lowest BCUT2D eigenvalue weighted by Crippen LogP contribution is -2.26. The van der Waals surface area contributed by atoms with E-state index < -0.39 is 0 Å². The number of hydrogen-bond acceptors (Lipinski definition) is 5. The fourth-order valence-corrected chi connectivity index (χ4v) is 3.46. The molecule has 1 N–H and O–H groups in total. The van der Waals surface area contributed by atoms with Gasteiger partial charge in [0.05, 0.1) is 18.0 Å². The van der Waals surface area contributed by atoms with Crippen LogP contribution in [-0.4, -0.2) is 31.6 Å². The van der Waals surface area contributed by atoms with E-state index in [0.717, 1.165) is 17.0 Å². The first-order valence-corrected chi connectivity index (χ1v) is 11.0. The van der Waals surface area contributed by atoms with Crippen molar-refractivity contribution in [3.05, 3.63) is 82.9 Å². The minimum Gasteiger partial charge on any atom is -0.491 e. The molecule has 0 aliphatic carbocycles. The summed E-state index contributed by atoms with van der Waals surface area (Å²) in [6.07, 6.45) is 4.36. The third kappa shape index (κ3) is 5.65. The average molecular weight is 446 g/mol. The molecule has 0 unspecified atom stereocenters. The highest BCUT2D eigenvalue weighted by molar-refractivity contribution is 5.76. The predicted octanol–water partition coefficient (Wildman–Crippen LogP) is 3.47. The first-order chi connectivity index (χ1) is 16.0. The number of carbonyl (C=O) groups is 1. The van der Waals surface area contributed by atoms with Gasteiger partial charge < -0.3 is 10.1 Å². The minimum atomic E-state index is -0.258. The van der Waals surface area contributed by atoms with Crippen LogP contribution in [0.25, 0.3) is 16.6 Å². The Bertz CT molecular complexity index is 1280. The summed E-state index contributed by atoms with van der Waals surface area (Å²) in [6.45, 7) is 4.75. The molecule has 2 aromatic carbocycles. The number of fused-ring (bicyclic) bond motifs is 1. The fourth-order valence-electron chi connectivity index (χ4n) is 3.46. The van der Waals surface area contributed by atoms with Crippen molar-refractivity contribution in [1.29, 1.82) is 0 Å². The molecule has 0 aliphatic rings. The van der Waals surface area contributed by atoms with Gasteiger partial charge in [-0.1, -0.05) is 30.3 Å². The number of aromatic nitrogens is 4. The Hall–Kier alpha value is -3.94. The van der Waals surface area contributed by atoms with Crippen LogP contribution in [0, 0.1) is 0 Å². The van der Waals surface area contributed by atoms with Crippen LogP contribution in [-0.2, 0) is 17.9 Å². The second-order valence-electron chi connectivity index (χ2n) is 8.08. The standard InChI is InChI=1S/C25H27N5O3/c1-18(2)33-22-12-10-19(11-13-22)15-26-23(31)9-6-14-29-25(32)24-20(16-27-29)17-30(28-24)21-7-4-3-5-8-21/h3-5,7-8,10-13,16-18H,6,9,14-15H2,1-2H3,(H,26,31). The van der Waals surface area contributed by atoms with Gasteiger partial charge in [0.2, 0.25) is 5.91 Å². The fraction of sp³-hybridized carbons (Fsp3) is 0.280. The zero-order valence-corrected chi connectivity index (χ0v) is 18.8. The number of nitrogens with one attached hydrogen (secondary N) is 1. The highest BCUT2D eigenvalue weighted by Gasteiger charge is 2.10. The molecule has 0 fully saturated rings. The number of nitrogens with zero attached hydrogens (tertiary/aromatic N) is 4. The molecule has 0 saturated heterocycles. The van der Waals surface area contributed by atoms with Crippen LogP contribution in [0.3, 0.4) is 0 Å². The van der Waals surface area contributed by atoms with Gasteiger partial charge in [-0.2, -0.15) is 10.2 Å². The highest BCUT2D eigenvalue weighted by Crippen LogP contribution is 2.14. The van der Waals surface area contributed by atoms with Gasteiger partial charge in [-0.3, -0.25) is 9.59 Å². The Morgan fingerprint density at radius 1 is 1.09 bits per heavy atom. The van der Waals surface area contributed by atoms with Crippen LogP contribution in [0.15, 0.2) is 71.8 Å². The Kier molecular flexibility index (Phi) is 6.83. The van der Waals surface area contributed by atoms with E-state index in [2.05, 4.69) is 15.5 Å². The predicted molar refractivity (Wildman–Crippen MR) is 126 cm³/mol. The van der Waals surface area contributed by atoms with E-state index in [1.54, 1.807) is 17.1 Å². The summed E-state index contributed by atoms with van der Waals surface area (Å²) in [5.41, 5.74) is 1.98. The molecule has 0 saturated carbocycles. The van der Waals surface area contributed by atoms with Crippen LogP contribution < -0.4 is 15.6 Å². The SMILES string of the molecule is CC(C)Oc1ccc(CNC(=O)CCCn2ncc3cn(-c4ccccc4)nc3c2=O)cc1. The third-order valence-corrected chi connectivity index (χ3v) is 5.10. The maximum Gasteiger partial charge on any atom is 0.295 e. The molecule has 2 aromatic heterocycles. The van der Waals surface area contributed by atoms with E-state index in [4.69, 9.17) is 4.74 Å². The van der Waals surface area contributed by atoms with Gasteiger partial charge in [0, 0.05) is 31.1 Å². The van der Waals surface area contributed by atoms with Gasteiger partial charge in [-0.15, -0.1) is 0 Å². The molecule has 4 rings (SSSR count). The lowest BCUT2D eigenvalue weighted by molar-refractivity contribution is -0.121. The molecule has 0 bridgehead atoms. The van der Waals surface area contributed by atoms with Crippen molar-refractivity contribution < 1.29 is 9.53 Å². The number of para-hydroxylation sites is 1. The quantitative estimate of drug-likeness (QED) is 0.426. The second-order valence-corrected chi connectivity index (χ2v) is 8.08. The van der Waals surface area contributed by atoms with Gasteiger partial charge in [-0.05, 0) is 50.1 Å². The lowest BCUT2D eigenvalue weighted by atomic mass is 10.2. The van der Waals surface area contributed by atoms with Gasteiger partial charge in [0.1, 0.15) is 5.75 Å². The van der Waals surface area contributed by atoms with Crippen LogP contribution in [0.4, 0.5) is 0 Å². The van der Waals surface area contributed by atoms with Crippen LogP contribution in [0.2, 0.25) is 0 Å². The monoisotopic (exact) mass is 445 g/mol. The maximum absolute atomic E-state index is 12.8. The van der Waals surface area contributed by atoms with Crippen molar-refractivity contribution in [2.45, 2.75) is 45.9 Å². The van der Waals surface area contributed by atoms with E-state index in [0.29, 0.717) is 36.8 Å². The minimum absolute atomic E-state index is 0.0695. The Labute approximate surface area is 191 Å². The summed E-state index contributed by atoms with van der Waals surface area (Å²) >= 11 is 0. The molecule has 2 heterocycles. The number of hydrogen-bond donors (Lipinski definition) is 1. The Balaban J connectivity index is 1.30. The summed E-state index contributed by atoms with van der Waals surface area (Å²) < 4.78 is 8.66. The molecule has 0 atom stereocenters. The normalized spacial score (nSPS) is 11.1. The Morgan fingerprint density at radius 2 is 1.85 bits per heavy atom. The molecule has 33 heavy (non-hydrogen) atoms. The largest absolute Gasteiger partial charge is 0.491 e. The zero-order valence-electron chi connectivity index (χ0n) is 18.8. The second kappa shape index (κ2) is 10.1. The summed E-state index contributed by atoms with van der Waals surface area (Å²) in [7, 11) is 0. The number of rotatable bonds is 9. The van der Waals surface area contributed by atoms with Crippen molar-refractivity contribution >= 4 is 16.8 Å². The molecule has 8 heteroatoms. The maximum atomic E-state index is 12.8. The summed E-state index contributed by atoms with van der Waals surface area (Å²) in [4.78, 5) is 25.0. The first-order valence-electron chi connectivity index (χ1n) is 11.0. The van der Waals surface area contributed by atoms with Crippen LogP contribution >= 0.6 is 0 Å². The van der Waals surface area contributed by atoms with Crippen LogP contribution in [0.5, 0.6) is 5.75 Å². The van der Waals surface area contributed by atoms with Crippen molar-refractivity contribution in [2.75, 3.05) is 0 Å². The van der Waals surface area contributed by atoms with Gasteiger partial charge in [0.25, 0.3) is 5.56 Å². The van der Waals surface area contributed by atoms with Gasteiger partial charge >= 0.3 is 0 Å². The molecule has 0 aliphatic heterocycles. The van der Waals surface area contributed by atoms with E-state index in [1.807, 2.05) is 68.4 Å². The molecule has 170 valence electrons.